The smallest absolute Gasteiger partial charge is 0.243 e. The highest BCUT2D eigenvalue weighted by molar-refractivity contribution is 7.88. The molecule has 4 rings (SSSR count). The van der Waals surface area contributed by atoms with E-state index >= 15 is 0 Å². The molecule has 10 heteroatoms. The molecule has 1 saturated heterocycles. The van der Waals surface area contributed by atoms with Crippen molar-refractivity contribution < 1.29 is 18.0 Å². The number of rotatable bonds is 10. The molecule has 4 N–H and O–H groups in total. The van der Waals surface area contributed by atoms with Crippen LogP contribution >= 0.6 is 11.3 Å². The maximum absolute atomic E-state index is 14.0. The lowest BCUT2D eigenvalue weighted by atomic mass is 9.84. The minimum atomic E-state index is -3.75. The summed E-state index contributed by atoms with van der Waals surface area (Å²) in [5.41, 5.74) is 7.29. The summed E-state index contributed by atoms with van der Waals surface area (Å²) in [6.07, 6.45) is 2.22. The standard InChI is InChI=1S/C27H32N4O4S2/c1-37(34,35)30-25(24(19-9-4-2-5-10-19)20-11-6-3-7-12-20)27(33)31-16-8-13-23(31)26(32)29-18-22-15-14-21(17-28)36-22/h2-7,9-12,14-15,23-25,30H,8,13,16-18,28H2,1H3,(H,29,32)/t23-,25+/m0/s1. The number of nitrogens with two attached hydrogens (primary N) is 1. The summed E-state index contributed by atoms with van der Waals surface area (Å²) in [6, 6.07) is 20.8. The molecule has 2 amide bonds. The van der Waals surface area contributed by atoms with Crippen LogP contribution in [0, 0.1) is 0 Å². The summed E-state index contributed by atoms with van der Waals surface area (Å²) in [6.45, 7) is 1.18. The lowest BCUT2D eigenvalue weighted by molar-refractivity contribution is -0.140. The molecular weight excluding hydrogens is 508 g/mol. The quantitative estimate of drug-likeness (QED) is 0.365. The highest BCUT2D eigenvalue weighted by Crippen LogP contribution is 2.31. The maximum atomic E-state index is 14.0. The number of hydrogen-bond acceptors (Lipinski definition) is 6. The monoisotopic (exact) mass is 540 g/mol. The third-order valence-electron chi connectivity index (χ3n) is 6.45. The fourth-order valence-electron chi connectivity index (χ4n) is 4.79. The molecule has 196 valence electrons. The van der Waals surface area contributed by atoms with E-state index in [1.165, 1.54) is 16.2 Å². The Morgan fingerprint density at radius 2 is 1.59 bits per heavy atom. The Balaban J connectivity index is 1.61. The van der Waals surface area contributed by atoms with E-state index in [0.717, 1.165) is 27.1 Å². The lowest BCUT2D eigenvalue weighted by Crippen LogP contribution is -2.55. The molecule has 1 aromatic heterocycles. The van der Waals surface area contributed by atoms with Crippen LogP contribution in [-0.4, -0.2) is 50.0 Å². The van der Waals surface area contributed by atoms with Crippen LogP contribution in [0.2, 0.25) is 0 Å². The second kappa shape index (κ2) is 12.0. The van der Waals surface area contributed by atoms with Crippen molar-refractivity contribution in [3.63, 3.8) is 0 Å². The van der Waals surface area contributed by atoms with Gasteiger partial charge in [0.2, 0.25) is 21.8 Å². The fourth-order valence-corrected chi connectivity index (χ4v) is 6.33. The van der Waals surface area contributed by atoms with Crippen molar-refractivity contribution in [1.82, 2.24) is 14.9 Å². The third kappa shape index (κ3) is 6.84. The molecule has 0 aliphatic carbocycles. The molecule has 0 bridgehead atoms. The number of carbonyl (C=O) groups excluding carboxylic acids is 2. The first-order chi connectivity index (χ1) is 17.8. The van der Waals surface area contributed by atoms with Gasteiger partial charge in [0.15, 0.2) is 0 Å². The van der Waals surface area contributed by atoms with Gasteiger partial charge in [-0.25, -0.2) is 13.1 Å². The first-order valence-corrected chi connectivity index (χ1v) is 14.9. The first kappa shape index (κ1) is 27.0. The second-order valence-electron chi connectivity index (χ2n) is 9.15. The number of hydrogen-bond donors (Lipinski definition) is 3. The Labute approximate surface area is 221 Å². The first-order valence-electron chi connectivity index (χ1n) is 12.2. The third-order valence-corrected chi connectivity index (χ3v) is 8.24. The number of likely N-dealkylation sites (tertiary alicyclic amines) is 1. The molecule has 1 aliphatic heterocycles. The SMILES string of the molecule is CS(=O)(=O)N[C@@H](C(=O)N1CCC[C@H]1C(=O)NCc1ccc(CN)s1)C(c1ccccc1)c1ccccc1. The van der Waals surface area contributed by atoms with Gasteiger partial charge in [0.25, 0.3) is 0 Å². The molecule has 0 spiro atoms. The van der Waals surface area contributed by atoms with Gasteiger partial charge >= 0.3 is 0 Å². The molecule has 2 heterocycles. The van der Waals surface area contributed by atoms with Gasteiger partial charge in [-0.05, 0) is 36.1 Å². The van der Waals surface area contributed by atoms with E-state index in [1.807, 2.05) is 72.8 Å². The predicted octanol–water partition coefficient (Wildman–Crippen LogP) is 2.56. The van der Waals surface area contributed by atoms with Gasteiger partial charge in [0.05, 0.1) is 12.8 Å². The topological polar surface area (TPSA) is 122 Å². The van der Waals surface area contributed by atoms with Gasteiger partial charge in [-0.2, -0.15) is 0 Å². The minimum absolute atomic E-state index is 0.248. The van der Waals surface area contributed by atoms with E-state index in [1.54, 1.807) is 0 Å². The van der Waals surface area contributed by atoms with Crippen LogP contribution in [0.1, 0.15) is 39.6 Å². The van der Waals surface area contributed by atoms with Crippen molar-refractivity contribution >= 4 is 33.2 Å². The summed E-state index contributed by atoms with van der Waals surface area (Å²) >= 11 is 1.54. The van der Waals surface area contributed by atoms with Crippen LogP contribution < -0.4 is 15.8 Å². The Morgan fingerprint density at radius 3 is 2.14 bits per heavy atom. The normalized spacial score (nSPS) is 16.6. The molecule has 37 heavy (non-hydrogen) atoms. The van der Waals surface area contributed by atoms with Crippen LogP contribution in [0.15, 0.2) is 72.8 Å². The van der Waals surface area contributed by atoms with E-state index in [2.05, 4.69) is 10.0 Å². The number of thiophene rings is 1. The molecule has 0 unspecified atom stereocenters. The average Bonchev–Trinajstić information content (AvgIpc) is 3.57. The minimum Gasteiger partial charge on any atom is -0.349 e. The van der Waals surface area contributed by atoms with E-state index in [4.69, 9.17) is 5.73 Å². The Bertz CT molecular complexity index is 1270. The zero-order chi connectivity index (χ0) is 26.4. The summed E-state index contributed by atoms with van der Waals surface area (Å²) < 4.78 is 27.5. The van der Waals surface area contributed by atoms with Crippen molar-refractivity contribution in [2.75, 3.05) is 12.8 Å². The van der Waals surface area contributed by atoms with Gasteiger partial charge in [-0.15, -0.1) is 11.3 Å². The van der Waals surface area contributed by atoms with Crippen molar-refractivity contribution in [3.8, 4) is 0 Å². The van der Waals surface area contributed by atoms with E-state index in [0.29, 0.717) is 32.5 Å². The van der Waals surface area contributed by atoms with Crippen molar-refractivity contribution in [2.45, 2.75) is 43.9 Å². The van der Waals surface area contributed by atoms with Crippen LogP contribution in [0.4, 0.5) is 0 Å². The molecule has 3 aromatic rings. The van der Waals surface area contributed by atoms with Gasteiger partial charge in [-0.1, -0.05) is 60.7 Å². The van der Waals surface area contributed by atoms with Crippen LogP contribution in [0.25, 0.3) is 0 Å². The van der Waals surface area contributed by atoms with Gasteiger partial charge < -0.3 is 16.0 Å². The summed E-state index contributed by atoms with van der Waals surface area (Å²) in [7, 11) is -3.75. The Hall–Kier alpha value is -3.05. The van der Waals surface area contributed by atoms with E-state index < -0.39 is 33.9 Å². The average molecular weight is 541 g/mol. The van der Waals surface area contributed by atoms with Crippen molar-refractivity contribution in [1.29, 1.82) is 0 Å². The Kier molecular flexibility index (Phi) is 8.75. The zero-order valence-corrected chi connectivity index (χ0v) is 22.3. The van der Waals surface area contributed by atoms with E-state index in [-0.39, 0.29) is 5.91 Å². The van der Waals surface area contributed by atoms with Gasteiger partial charge in [0, 0.05) is 28.8 Å². The van der Waals surface area contributed by atoms with Crippen LogP contribution in [-0.2, 0) is 32.7 Å². The number of nitrogens with one attached hydrogen (secondary N) is 2. The molecule has 0 radical (unpaired) electrons. The van der Waals surface area contributed by atoms with Gasteiger partial charge in [0.1, 0.15) is 12.1 Å². The Morgan fingerprint density at radius 1 is 1.00 bits per heavy atom. The van der Waals surface area contributed by atoms with Crippen molar-refractivity contribution in [3.05, 3.63) is 93.7 Å². The second-order valence-corrected chi connectivity index (χ2v) is 12.2. The van der Waals surface area contributed by atoms with E-state index in [9.17, 15) is 18.0 Å². The molecule has 2 atom stereocenters. The summed E-state index contributed by atoms with van der Waals surface area (Å²) in [5, 5.41) is 2.94. The molecule has 8 nitrogen and oxygen atoms in total. The van der Waals surface area contributed by atoms with Gasteiger partial charge in [-0.3, -0.25) is 9.59 Å². The molecule has 1 fully saturated rings. The maximum Gasteiger partial charge on any atom is 0.243 e. The molecule has 1 aliphatic rings. The fraction of sp³-hybridized carbons (Fsp3) is 0.333. The number of benzene rings is 2. The van der Waals surface area contributed by atoms with Crippen LogP contribution in [0.5, 0.6) is 0 Å². The number of amides is 2. The highest BCUT2D eigenvalue weighted by Gasteiger charge is 2.41. The predicted molar refractivity (Wildman–Crippen MR) is 145 cm³/mol. The number of nitrogens with zero attached hydrogens (tertiary/aromatic N) is 1. The zero-order valence-electron chi connectivity index (χ0n) is 20.7. The summed E-state index contributed by atoms with van der Waals surface area (Å²) in [5.74, 6) is -1.24. The molecule has 2 aromatic carbocycles. The van der Waals surface area contributed by atoms with Crippen LogP contribution in [0.3, 0.4) is 0 Å². The molecular formula is C27H32N4O4S2. The van der Waals surface area contributed by atoms with Crippen molar-refractivity contribution in [2.24, 2.45) is 5.73 Å². The lowest BCUT2D eigenvalue weighted by Gasteiger charge is -2.33. The number of sulfonamides is 1. The summed E-state index contributed by atoms with van der Waals surface area (Å²) in [4.78, 5) is 30.8. The number of carbonyl (C=O) groups is 2. The largest absolute Gasteiger partial charge is 0.349 e. The highest BCUT2D eigenvalue weighted by atomic mass is 32.2. The molecule has 0 saturated carbocycles.